The molecule has 0 saturated heterocycles. The van der Waals surface area contributed by atoms with Gasteiger partial charge in [-0.25, -0.2) is 9.98 Å². The second kappa shape index (κ2) is 2.35. The SMILES string of the molecule is CC1=NC=NC=NC1. The van der Waals surface area contributed by atoms with Crippen LogP contribution in [-0.2, 0) is 0 Å². The van der Waals surface area contributed by atoms with Gasteiger partial charge in [0, 0.05) is 5.71 Å². The zero-order valence-corrected chi connectivity index (χ0v) is 4.70. The monoisotopic (exact) mass is 109 g/mol. The third-order valence-corrected chi connectivity index (χ3v) is 0.813. The second-order valence-electron chi connectivity index (χ2n) is 1.59. The van der Waals surface area contributed by atoms with Gasteiger partial charge >= 0.3 is 0 Å². The van der Waals surface area contributed by atoms with Crippen LogP contribution in [0.2, 0.25) is 0 Å². The van der Waals surface area contributed by atoms with Crippen LogP contribution in [0.1, 0.15) is 6.92 Å². The van der Waals surface area contributed by atoms with Crippen molar-refractivity contribution in [2.45, 2.75) is 6.92 Å². The Morgan fingerprint density at radius 3 is 3.25 bits per heavy atom. The molecule has 1 aliphatic rings. The summed E-state index contributed by atoms with van der Waals surface area (Å²) in [5, 5.41) is 0. The van der Waals surface area contributed by atoms with E-state index in [-0.39, 0.29) is 0 Å². The molecule has 0 spiro atoms. The van der Waals surface area contributed by atoms with Crippen LogP contribution in [0.25, 0.3) is 0 Å². The van der Waals surface area contributed by atoms with E-state index in [1.165, 1.54) is 12.7 Å². The molecule has 1 heterocycles. The molecule has 0 radical (unpaired) electrons. The highest BCUT2D eigenvalue weighted by Crippen LogP contribution is 1.80. The molecule has 42 valence electrons. The van der Waals surface area contributed by atoms with Crippen molar-refractivity contribution in [3.63, 3.8) is 0 Å². The molecule has 0 unspecified atom stereocenters. The third-order valence-electron chi connectivity index (χ3n) is 0.813. The summed E-state index contributed by atoms with van der Waals surface area (Å²) in [7, 11) is 0. The second-order valence-corrected chi connectivity index (χ2v) is 1.59. The van der Waals surface area contributed by atoms with Gasteiger partial charge < -0.3 is 0 Å². The minimum absolute atomic E-state index is 0.681. The first-order valence-corrected chi connectivity index (χ1v) is 2.43. The minimum atomic E-state index is 0.681. The average molecular weight is 109 g/mol. The van der Waals surface area contributed by atoms with Gasteiger partial charge in [-0.2, -0.15) is 0 Å². The fraction of sp³-hybridized carbons (Fsp3) is 0.400. The summed E-state index contributed by atoms with van der Waals surface area (Å²) in [5.41, 5.74) is 1.00. The summed E-state index contributed by atoms with van der Waals surface area (Å²) >= 11 is 0. The van der Waals surface area contributed by atoms with Crippen molar-refractivity contribution in [2.75, 3.05) is 6.54 Å². The largest absolute Gasteiger partial charge is 0.267 e. The van der Waals surface area contributed by atoms with Crippen LogP contribution >= 0.6 is 0 Å². The molecule has 0 fully saturated rings. The molecule has 0 atom stereocenters. The number of hydrogen-bond acceptors (Lipinski definition) is 3. The molecule has 1 aliphatic heterocycles. The van der Waals surface area contributed by atoms with Crippen LogP contribution in [0.5, 0.6) is 0 Å². The van der Waals surface area contributed by atoms with E-state index in [0.29, 0.717) is 6.54 Å². The maximum Gasteiger partial charge on any atom is 0.117 e. The zero-order valence-electron chi connectivity index (χ0n) is 4.70. The highest BCUT2D eigenvalue weighted by Gasteiger charge is 1.86. The number of hydrogen-bond donors (Lipinski definition) is 0. The van der Waals surface area contributed by atoms with E-state index in [9.17, 15) is 0 Å². The van der Waals surface area contributed by atoms with Gasteiger partial charge in [-0.05, 0) is 6.92 Å². The zero-order chi connectivity index (χ0) is 5.82. The average Bonchev–Trinajstić information content (AvgIpc) is 1.94. The Labute approximate surface area is 47.9 Å². The maximum atomic E-state index is 3.92. The first-order valence-electron chi connectivity index (χ1n) is 2.43. The van der Waals surface area contributed by atoms with Gasteiger partial charge in [-0.1, -0.05) is 0 Å². The standard InChI is InChI=1S/C5H7N3/c1-5-2-6-3-7-4-8-5/h3-4H,2H2,1H3. The first kappa shape index (κ1) is 5.15. The van der Waals surface area contributed by atoms with Gasteiger partial charge in [0.15, 0.2) is 0 Å². The Bertz CT molecular complexity index is 155. The quantitative estimate of drug-likeness (QED) is 0.435. The van der Waals surface area contributed by atoms with Crippen molar-refractivity contribution < 1.29 is 0 Å². The molecule has 0 aromatic heterocycles. The predicted octanol–water partition coefficient (Wildman–Crippen LogP) is 0.518. The van der Waals surface area contributed by atoms with Crippen LogP contribution in [0.3, 0.4) is 0 Å². The molecule has 0 aromatic rings. The van der Waals surface area contributed by atoms with Crippen molar-refractivity contribution in [3.8, 4) is 0 Å². The normalized spacial score (nSPS) is 17.9. The van der Waals surface area contributed by atoms with Crippen molar-refractivity contribution in [3.05, 3.63) is 0 Å². The Morgan fingerprint density at radius 2 is 2.38 bits per heavy atom. The predicted molar refractivity (Wildman–Crippen MR) is 35.0 cm³/mol. The van der Waals surface area contributed by atoms with Crippen LogP contribution in [-0.4, -0.2) is 24.9 Å². The third kappa shape index (κ3) is 1.26. The van der Waals surface area contributed by atoms with Gasteiger partial charge in [0.25, 0.3) is 0 Å². The summed E-state index contributed by atoms with van der Waals surface area (Å²) in [6.45, 7) is 2.61. The molecular weight excluding hydrogens is 102 g/mol. The molecule has 3 heteroatoms. The molecule has 8 heavy (non-hydrogen) atoms. The Morgan fingerprint density at radius 1 is 1.50 bits per heavy atom. The van der Waals surface area contributed by atoms with Gasteiger partial charge in [-0.3, -0.25) is 4.99 Å². The topological polar surface area (TPSA) is 37.1 Å². The molecule has 0 saturated carbocycles. The fourth-order valence-electron chi connectivity index (χ4n) is 0.423. The first-order chi connectivity index (χ1) is 3.89. The Hall–Kier alpha value is -0.990. The van der Waals surface area contributed by atoms with E-state index >= 15 is 0 Å². The maximum absolute atomic E-state index is 3.92. The Balaban J connectivity index is 2.69. The summed E-state index contributed by atoms with van der Waals surface area (Å²) in [5.74, 6) is 0. The van der Waals surface area contributed by atoms with Crippen LogP contribution in [0.15, 0.2) is 15.0 Å². The summed E-state index contributed by atoms with van der Waals surface area (Å²) in [4.78, 5) is 11.5. The highest BCUT2D eigenvalue weighted by atomic mass is 15.0. The fourth-order valence-corrected chi connectivity index (χ4v) is 0.423. The van der Waals surface area contributed by atoms with Crippen molar-refractivity contribution in [1.82, 2.24) is 0 Å². The van der Waals surface area contributed by atoms with Crippen LogP contribution in [0.4, 0.5) is 0 Å². The number of nitrogens with zero attached hydrogens (tertiary/aromatic N) is 3. The molecule has 0 aliphatic carbocycles. The van der Waals surface area contributed by atoms with Gasteiger partial charge in [0.2, 0.25) is 0 Å². The van der Waals surface area contributed by atoms with E-state index in [1.54, 1.807) is 0 Å². The lowest BCUT2D eigenvalue weighted by molar-refractivity contribution is 1.30. The summed E-state index contributed by atoms with van der Waals surface area (Å²) in [6, 6.07) is 0. The summed E-state index contributed by atoms with van der Waals surface area (Å²) in [6.07, 6.45) is 3.02. The lowest BCUT2D eigenvalue weighted by Crippen LogP contribution is -1.93. The molecule has 3 nitrogen and oxygen atoms in total. The summed E-state index contributed by atoms with van der Waals surface area (Å²) < 4.78 is 0. The van der Waals surface area contributed by atoms with E-state index < -0.39 is 0 Å². The smallest absolute Gasteiger partial charge is 0.117 e. The van der Waals surface area contributed by atoms with Gasteiger partial charge in [-0.15, -0.1) is 0 Å². The molecule has 0 N–H and O–H groups in total. The van der Waals surface area contributed by atoms with E-state index in [0.717, 1.165) is 5.71 Å². The van der Waals surface area contributed by atoms with E-state index in [1.807, 2.05) is 6.92 Å². The number of rotatable bonds is 0. The Kier molecular flexibility index (Phi) is 1.51. The van der Waals surface area contributed by atoms with Crippen LogP contribution < -0.4 is 0 Å². The van der Waals surface area contributed by atoms with Gasteiger partial charge in [0.05, 0.1) is 6.54 Å². The lowest BCUT2D eigenvalue weighted by atomic mass is 10.4. The van der Waals surface area contributed by atoms with E-state index in [2.05, 4.69) is 15.0 Å². The van der Waals surface area contributed by atoms with Gasteiger partial charge in [0.1, 0.15) is 12.7 Å². The lowest BCUT2D eigenvalue weighted by Gasteiger charge is -1.84. The minimum Gasteiger partial charge on any atom is -0.267 e. The number of aliphatic imine (C=N–C) groups is 3. The molecule has 0 bridgehead atoms. The van der Waals surface area contributed by atoms with Crippen molar-refractivity contribution in [1.29, 1.82) is 0 Å². The van der Waals surface area contributed by atoms with E-state index in [4.69, 9.17) is 0 Å². The van der Waals surface area contributed by atoms with Crippen LogP contribution in [0, 0.1) is 0 Å². The van der Waals surface area contributed by atoms with Crippen molar-refractivity contribution in [2.24, 2.45) is 15.0 Å². The molecular formula is C5H7N3. The van der Waals surface area contributed by atoms with Crippen molar-refractivity contribution >= 4 is 18.4 Å². The molecule has 0 amide bonds. The molecule has 0 aromatic carbocycles. The molecule has 1 rings (SSSR count). The highest BCUT2D eigenvalue weighted by molar-refractivity contribution is 5.93.